The van der Waals surface area contributed by atoms with Gasteiger partial charge >= 0.3 is 5.97 Å². The van der Waals surface area contributed by atoms with Crippen LogP contribution in [0.15, 0.2) is 42.7 Å². The Morgan fingerprint density at radius 3 is 2.73 bits per heavy atom. The molecule has 1 aliphatic rings. The minimum Gasteiger partial charge on any atom is -0.480 e. The van der Waals surface area contributed by atoms with Crippen molar-refractivity contribution in [1.29, 1.82) is 0 Å². The molecule has 0 unspecified atom stereocenters. The number of carbonyl (C=O) groups is 1. The zero-order chi connectivity index (χ0) is 21.3. The van der Waals surface area contributed by atoms with Gasteiger partial charge in [-0.15, -0.1) is 0 Å². The van der Waals surface area contributed by atoms with Crippen LogP contribution >= 0.6 is 0 Å². The van der Waals surface area contributed by atoms with Crippen molar-refractivity contribution in [1.82, 2.24) is 9.61 Å². The van der Waals surface area contributed by atoms with Crippen LogP contribution in [0, 0.1) is 23.1 Å². The van der Waals surface area contributed by atoms with Crippen LogP contribution in [-0.2, 0) is 9.53 Å². The smallest absolute Gasteiger partial charge is 0.321 e. The van der Waals surface area contributed by atoms with Crippen molar-refractivity contribution < 1.29 is 19.0 Å². The maximum Gasteiger partial charge on any atom is 0.321 e. The first-order valence-electron chi connectivity index (χ1n) is 9.72. The molecule has 0 radical (unpaired) electrons. The quantitative estimate of drug-likeness (QED) is 0.674. The highest BCUT2D eigenvalue weighted by Gasteiger charge is 2.24. The molecule has 1 aromatic carbocycles. The van der Waals surface area contributed by atoms with Crippen LogP contribution < -0.4 is 4.90 Å². The van der Waals surface area contributed by atoms with Gasteiger partial charge in [0.25, 0.3) is 0 Å². The topological polar surface area (TPSA) is 67.1 Å². The molecule has 0 atom stereocenters. The van der Waals surface area contributed by atoms with E-state index in [1.54, 1.807) is 42.9 Å². The third-order valence-corrected chi connectivity index (χ3v) is 5.20. The molecule has 0 amide bonds. The van der Waals surface area contributed by atoms with Crippen LogP contribution in [0.25, 0.3) is 16.6 Å². The molecular formula is C23H22FN3O3. The number of carboxylic acid groups (broad SMARTS) is 1. The summed E-state index contributed by atoms with van der Waals surface area (Å²) >= 11 is 0. The van der Waals surface area contributed by atoms with Gasteiger partial charge in [-0.2, -0.15) is 5.10 Å². The second-order valence-electron chi connectivity index (χ2n) is 7.72. The van der Waals surface area contributed by atoms with Crippen molar-refractivity contribution in [3.05, 3.63) is 54.1 Å². The third kappa shape index (κ3) is 3.74. The number of pyridine rings is 1. The molecule has 2 aromatic heterocycles. The van der Waals surface area contributed by atoms with Gasteiger partial charge in [0.1, 0.15) is 11.2 Å². The second-order valence-corrected chi connectivity index (χ2v) is 7.72. The molecule has 4 rings (SSSR count). The van der Waals surface area contributed by atoms with Gasteiger partial charge in [-0.05, 0) is 43.7 Å². The number of rotatable bonds is 3. The average Bonchev–Trinajstić information content (AvgIpc) is 3.17. The van der Waals surface area contributed by atoms with E-state index >= 15 is 0 Å². The summed E-state index contributed by atoms with van der Waals surface area (Å²) in [7, 11) is 0. The van der Waals surface area contributed by atoms with E-state index in [9.17, 15) is 14.3 Å². The number of carboxylic acids is 1. The predicted molar refractivity (Wildman–Crippen MR) is 112 cm³/mol. The number of hydrogen-bond donors (Lipinski definition) is 1. The van der Waals surface area contributed by atoms with Gasteiger partial charge in [0.15, 0.2) is 0 Å². The Morgan fingerprint density at radius 2 is 2.03 bits per heavy atom. The molecule has 1 saturated heterocycles. The van der Waals surface area contributed by atoms with E-state index in [2.05, 4.69) is 16.9 Å². The van der Waals surface area contributed by atoms with Gasteiger partial charge in [0.05, 0.1) is 36.2 Å². The lowest BCUT2D eigenvalue weighted by atomic mass is 9.94. The van der Waals surface area contributed by atoms with Crippen LogP contribution in [0.2, 0.25) is 0 Å². The molecule has 3 heterocycles. The summed E-state index contributed by atoms with van der Waals surface area (Å²) in [4.78, 5) is 13.3. The summed E-state index contributed by atoms with van der Waals surface area (Å²) in [6, 6.07) is 8.76. The number of anilines is 1. The van der Waals surface area contributed by atoms with E-state index in [-0.39, 0.29) is 5.82 Å². The van der Waals surface area contributed by atoms with Crippen molar-refractivity contribution in [2.24, 2.45) is 5.41 Å². The highest BCUT2D eigenvalue weighted by Crippen LogP contribution is 2.31. The zero-order valence-electron chi connectivity index (χ0n) is 16.9. The fraction of sp³-hybridized carbons (Fsp3) is 0.304. The number of ether oxygens (including phenoxy) is 1. The van der Waals surface area contributed by atoms with Gasteiger partial charge in [-0.1, -0.05) is 17.9 Å². The Morgan fingerprint density at radius 1 is 1.27 bits per heavy atom. The summed E-state index contributed by atoms with van der Waals surface area (Å²) in [6.07, 6.45) is 3.46. The Labute approximate surface area is 173 Å². The maximum atomic E-state index is 14.9. The molecule has 154 valence electrons. The minimum absolute atomic E-state index is 0.302. The molecule has 1 N–H and O–H groups in total. The molecule has 0 bridgehead atoms. The molecule has 7 heteroatoms. The normalized spacial score (nSPS) is 14.4. The summed E-state index contributed by atoms with van der Waals surface area (Å²) in [6.45, 7) is 5.60. The van der Waals surface area contributed by atoms with E-state index in [0.29, 0.717) is 48.6 Å². The molecule has 0 saturated carbocycles. The van der Waals surface area contributed by atoms with E-state index in [0.717, 1.165) is 5.56 Å². The number of benzene rings is 1. The first kappa shape index (κ1) is 19.9. The summed E-state index contributed by atoms with van der Waals surface area (Å²) in [5.74, 6) is 4.50. The Kier molecular flexibility index (Phi) is 5.18. The first-order chi connectivity index (χ1) is 14.4. The number of fused-ring (bicyclic) bond motifs is 1. The van der Waals surface area contributed by atoms with Crippen LogP contribution in [0.1, 0.15) is 19.4 Å². The van der Waals surface area contributed by atoms with E-state index in [1.165, 1.54) is 6.07 Å². The van der Waals surface area contributed by atoms with Crippen LogP contribution in [-0.4, -0.2) is 47.0 Å². The van der Waals surface area contributed by atoms with E-state index in [4.69, 9.17) is 4.74 Å². The monoisotopic (exact) mass is 407 g/mol. The van der Waals surface area contributed by atoms with E-state index in [1.807, 2.05) is 17.0 Å². The number of nitrogens with zero attached hydrogens (tertiary/aromatic N) is 3. The van der Waals surface area contributed by atoms with Gasteiger partial charge in [0, 0.05) is 24.8 Å². The zero-order valence-corrected chi connectivity index (χ0v) is 16.9. The second kappa shape index (κ2) is 7.81. The Hall–Kier alpha value is -3.37. The molecule has 3 aromatic rings. The van der Waals surface area contributed by atoms with E-state index < -0.39 is 11.4 Å². The van der Waals surface area contributed by atoms with Gasteiger partial charge in [-0.3, -0.25) is 4.79 Å². The fourth-order valence-corrected chi connectivity index (χ4v) is 3.37. The minimum atomic E-state index is -1.18. The van der Waals surface area contributed by atoms with Crippen molar-refractivity contribution in [2.75, 3.05) is 31.2 Å². The summed E-state index contributed by atoms with van der Waals surface area (Å²) in [5.41, 5.74) is 2.15. The lowest BCUT2D eigenvalue weighted by Gasteiger charge is -2.29. The Balaban J connectivity index is 1.76. The van der Waals surface area contributed by atoms with Crippen molar-refractivity contribution in [3.63, 3.8) is 0 Å². The Bertz CT molecular complexity index is 1170. The summed E-state index contributed by atoms with van der Waals surface area (Å²) in [5, 5.41) is 13.7. The number of hydrogen-bond acceptors (Lipinski definition) is 4. The van der Waals surface area contributed by atoms with Crippen molar-refractivity contribution in [3.8, 4) is 23.0 Å². The molecule has 1 fully saturated rings. The third-order valence-electron chi connectivity index (χ3n) is 5.20. The highest BCUT2D eigenvalue weighted by molar-refractivity contribution is 5.85. The average molecular weight is 407 g/mol. The predicted octanol–water partition coefficient (Wildman–Crippen LogP) is 3.44. The van der Waals surface area contributed by atoms with Gasteiger partial charge in [-0.25, -0.2) is 8.91 Å². The number of aliphatic carboxylic acids is 1. The molecule has 0 aliphatic carbocycles. The van der Waals surface area contributed by atoms with Crippen LogP contribution in [0.3, 0.4) is 0 Å². The molecular weight excluding hydrogens is 385 g/mol. The molecule has 0 spiro atoms. The summed E-state index contributed by atoms with van der Waals surface area (Å²) < 4.78 is 21.9. The van der Waals surface area contributed by atoms with Crippen LogP contribution in [0.5, 0.6) is 0 Å². The highest BCUT2D eigenvalue weighted by atomic mass is 19.1. The van der Waals surface area contributed by atoms with Crippen LogP contribution in [0.4, 0.5) is 10.1 Å². The number of aromatic nitrogens is 2. The number of morpholine rings is 1. The standard InChI is InChI=1S/C23H22FN3O3/c1-23(2,22(28)29)8-7-16-4-3-9-27-21(16)18(15-25-27)17-5-6-20(19(24)14-17)26-10-12-30-13-11-26/h3-6,9,14-15H,10-13H2,1-2H3,(H,28,29). The van der Waals surface area contributed by atoms with Crippen molar-refractivity contribution in [2.45, 2.75) is 13.8 Å². The fourth-order valence-electron chi connectivity index (χ4n) is 3.37. The van der Waals surface area contributed by atoms with Gasteiger partial charge in [0.2, 0.25) is 0 Å². The molecule has 1 aliphatic heterocycles. The molecule has 30 heavy (non-hydrogen) atoms. The first-order valence-corrected chi connectivity index (χ1v) is 9.72. The molecule has 6 nitrogen and oxygen atoms in total. The van der Waals surface area contributed by atoms with Crippen molar-refractivity contribution >= 4 is 17.2 Å². The lowest BCUT2D eigenvalue weighted by molar-refractivity contribution is -0.143. The SMILES string of the molecule is CC(C)(C#Cc1cccn2ncc(-c3ccc(N4CCOCC4)c(F)c3)c12)C(=O)O. The lowest BCUT2D eigenvalue weighted by Crippen LogP contribution is -2.36. The number of halogens is 1. The largest absolute Gasteiger partial charge is 0.480 e. The maximum absolute atomic E-state index is 14.9. The van der Waals surface area contributed by atoms with Gasteiger partial charge < -0.3 is 14.7 Å².